The fourth-order valence-corrected chi connectivity index (χ4v) is 2.68. The lowest BCUT2D eigenvalue weighted by molar-refractivity contribution is -0.131. The van der Waals surface area contributed by atoms with E-state index < -0.39 is 0 Å². The summed E-state index contributed by atoms with van der Waals surface area (Å²) >= 11 is 0. The van der Waals surface area contributed by atoms with Crippen LogP contribution in [0.25, 0.3) is 0 Å². The van der Waals surface area contributed by atoms with Crippen molar-refractivity contribution in [3.8, 4) is 0 Å². The van der Waals surface area contributed by atoms with E-state index in [1.54, 1.807) is 6.92 Å². The van der Waals surface area contributed by atoms with Crippen LogP contribution in [0.1, 0.15) is 26.2 Å². The Hall–Kier alpha value is -0.940. The van der Waals surface area contributed by atoms with Crippen molar-refractivity contribution in [3.63, 3.8) is 0 Å². The van der Waals surface area contributed by atoms with E-state index in [1.807, 2.05) is 4.90 Å². The number of amides is 1. The third-order valence-electron chi connectivity index (χ3n) is 3.90. The fourth-order valence-electron chi connectivity index (χ4n) is 2.68. The molecule has 0 bridgehead atoms. The molecular weight excluding hydrogens is 230 g/mol. The maximum absolute atomic E-state index is 12.1. The number of nitrogens with zero attached hydrogens (tertiary/aromatic N) is 2. The molecule has 1 atom stereocenters. The molecule has 0 spiro atoms. The van der Waals surface area contributed by atoms with Crippen LogP contribution >= 0.6 is 0 Å². The highest BCUT2D eigenvalue weighted by atomic mass is 16.2. The molecule has 0 aromatic heterocycles. The van der Waals surface area contributed by atoms with Crippen molar-refractivity contribution in [2.24, 2.45) is 0 Å². The second-order valence-corrected chi connectivity index (χ2v) is 5.25. The minimum absolute atomic E-state index is 0.0598. The van der Waals surface area contributed by atoms with Crippen LogP contribution in [0.5, 0.6) is 0 Å². The Morgan fingerprint density at radius 3 is 2.44 bits per heavy atom. The summed E-state index contributed by atoms with van der Waals surface area (Å²) in [5.41, 5.74) is 0. The highest BCUT2D eigenvalue weighted by Gasteiger charge is 2.25. The summed E-state index contributed by atoms with van der Waals surface area (Å²) < 4.78 is 0. The number of carbonyl (C=O) groups excluding carboxylic acids is 2. The number of piperazine rings is 1. The van der Waals surface area contributed by atoms with Gasteiger partial charge in [-0.15, -0.1) is 0 Å². The lowest BCUT2D eigenvalue weighted by atomic mass is 10.0. The monoisotopic (exact) mass is 253 g/mol. The molecule has 2 aliphatic rings. The van der Waals surface area contributed by atoms with Gasteiger partial charge >= 0.3 is 0 Å². The molecule has 18 heavy (non-hydrogen) atoms. The maximum Gasteiger partial charge on any atom is 0.219 e. The highest BCUT2D eigenvalue weighted by Crippen LogP contribution is 2.09. The van der Waals surface area contributed by atoms with Crippen LogP contribution in [0.2, 0.25) is 0 Å². The van der Waals surface area contributed by atoms with Gasteiger partial charge in [0, 0.05) is 33.1 Å². The number of nitrogens with one attached hydrogen (secondary N) is 1. The van der Waals surface area contributed by atoms with Crippen LogP contribution in [-0.2, 0) is 9.59 Å². The summed E-state index contributed by atoms with van der Waals surface area (Å²) in [7, 11) is 0. The first kappa shape index (κ1) is 13.5. The van der Waals surface area contributed by atoms with Crippen LogP contribution in [0.15, 0.2) is 0 Å². The zero-order valence-corrected chi connectivity index (χ0v) is 11.2. The van der Waals surface area contributed by atoms with E-state index in [-0.39, 0.29) is 11.9 Å². The van der Waals surface area contributed by atoms with Gasteiger partial charge in [-0.1, -0.05) is 6.42 Å². The normalized spacial score (nSPS) is 26.1. The first-order chi connectivity index (χ1) is 8.66. The van der Waals surface area contributed by atoms with Gasteiger partial charge in [-0.05, 0) is 19.4 Å². The van der Waals surface area contributed by atoms with Crippen LogP contribution in [0, 0.1) is 0 Å². The molecule has 102 valence electrons. The van der Waals surface area contributed by atoms with Crippen molar-refractivity contribution >= 4 is 11.7 Å². The molecule has 2 aliphatic heterocycles. The highest BCUT2D eigenvalue weighted by molar-refractivity contribution is 5.86. The molecule has 5 nitrogen and oxygen atoms in total. The molecular formula is C13H23N3O2. The predicted octanol–water partition coefficient (Wildman–Crippen LogP) is -0.138. The van der Waals surface area contributed by atoms with Crippen molar-refractivity contribution in [2.75, 3.05) is 39.3 Å². The van der Waals surface area contributed by atoms with E-state index in [9.17, 15) is 9.59 Å². The largest absolute Gasteiger partial charge is 0.340 e. The Kier molecular flexibility index (Phi) is 4.72. The van der Waals surface area contributed by atoms with E-state index in [0.717, 1.165) is 45.6 Å². The number of piperidine rings is 1. The van der Waals surface area contributed by atoms with Gasteiger partial charge in [-0.3, -0.25) is 14.5 Å². The summed E-state index contributed by atoms with van der Waals surface area (Å²) in [5.74, 6) is 0.445. The van der Waals surface area contributed by atoms with Crippen LogP contribution in [0.3, 0.4) is 0 Å². The van der Waals surface area contributed by atoms with Crippen molar-refractivity contribution in [3.05, 3.63) is 0 Å². The first-order valence-electron chi connectivity index (χ1n) is 6.91. The van der Waals surface area contributed by atoms with E-state index >= 15 is 0 Å². The Labute approximate surface area is 108 Å². The second-order valence-electron chi connectivity index (χ2n) is 5.25. The molecule has 0 saturated carbocycles. The average molecular weight is 253 g/mol. The number of ketones is 1. The van der Waals surface area contributed by atoms with Crippen molar-refractivity contribution in [1.29, 1.82) is 0 Å². The standard InChI is InChI=1S/C13H23N3O2/c1-11(17)16-8-6-15(7-9-16)10-13(18)12-4-2-3-5-14-12/h12,14H,2-10H2,1H3. The summed E-state index contributed by atoms with van der Waals surface area (Å²) in [4.78, 5) is 27.3. The molecule has 0 radical (unpaired) electrons. The number of rotatable bonds is 3. The van der Waals surface area contributed by atoms with Crippen molar-refractivity contribution < 1.29 is 9.59 Å². The number of carbonyl (C=O) groups is 2. The molecule has 1 N–H and O–H groups in total. The quantitative estimate of drug-likeness (QED) is 0.761. The molecule has 2 fully saturated rings. The van der Waals surface area contributed by atoms with E-state index in [1.165, 1.54) is 6.42 Å². The van der Waals surface area contributed by atoms with Crippen LogP contribution < -0.4 is 5.32 Å². The molecule has 2 saturated heterocycles. The first-order valence-corrected chi connectivity index (χ1v) is 6.91. The predicted molar refractivity (Wildman–Crippen MR) is 69.3 cm³/mol. The van der Waals surface area contributed by atoms with Gasteiger partial charge in [0.05, 0.1) is 12.6 Å². The number of hydrogen-bond donors (Lipinski definition) is 1. The molecule has 2 rings (SSSR count). The van der Waals surface area contributed by atoms with Gasteiger partial charge in [0.25, 0.3) is 0 Å². The zero-order chi connectivity index (χ0) is 13.0. The Bertz CT molecular complexity index is 305. The topological polar surface area (TPSA) is 52.7 Å². The third-order valence-corrected chi connectivity index (χ3v) is 3.90. The molecule has 2 heterocycles. The van der Waals surface area contributed by atoms with Crippen molar-refractivity contribution in [1.82, 2.24) is 15.1 Å². The van der Waals surface area contributed by atoms with Gasteiger partial charge in [0.15, 0.2) is 5.78 Å². The Balaban J connectivity index is 1.73. The second kappa shape index (κ2) is 6.29. The molecule has 0 aromatic carbocycles. The van der Waals surface area contributed by atoms with Crippen LogP contribution in [0.4, 0.5) is 0 Å². The molecule has 5 heteroatoms. The van der Waals surface area contributed by atoms with Gasteiger partial charge in [0.2, 0.25) is 5.91 Å². The average Bonchev–Trinajstić information content (AvgIpc) is 2.40. The summed E-state index contributed by atoms with van der Waals surface area (Å²) in [6.07, 6.45) is 3.31. The number of hydrogen-bond acceptors (Lipinski definition) is 4. The van der Waals surface area contributed by atoms with Gasteiger partial charge in [0.1, 0.15) is 0 Å². The lowest BCUT2D eigenvalue weighted by Crippen LogP contribution is -2.52. The molecule has 1 unspecified atom stereocenters. The minimum atomic E-state index is 0.0598. The SMILES string of the molecule is CC(=O)N1CCN(CC(=O)C2CCCCN2)CC1. The molecule has 1 amide bonds. The van der Waals surface area contributed by atoms with E-state index in [0.29, 0.717) is 12.3 Å². The Morgan fingerprint density at radius 2 is 1.89 bits per heavy atom. The van der Waals surface area contributed by atoms with E-state index in [4.69, 9.17) is 0 Å². The van der Waals surface area contributed by atoms with Crippen molar-refractivity contribution in [2.45, 2.75) is 32.2 Å². The smallest absolute Gasteiger partial charge is 0.219 e. The number of Topliss-reactive ketones (excluding diaryl/α,β-unsaturated/α-hetero) is 1. The summed E-state index contributed by atoms with van der Waals surface area (Å²) in [5, 5.41) is 3.29. The maximum atomic E-state index is 12.1. The fraction of sp³-hybridized carbons (Fsp3) is 0.846. The van der Waals surface area contributed by atoms with E-state index in [2.05, 4.69) is 10.2 Å². The molecule has 0 aromatic rings. The van der Waals surface area contributed by atoms with Gasteiger partial charge < -0.3 is 10.2 Å². The zero-order valence-electron chi connectivity index (χ0n) is 11.2. The summed E-state index contributed by atoms with van der Waals surface area (Å²) in [6.45, 7) is 6.24. The summed E-state index contributed by atoms with van der Waals surface area (Å²) in [6, 6.07) is 0.0598. The minimum Gasteiger partial charge on any atom is -0.340 e. The lowest BCUT2D eigenvalue weighted by Gasteiger charge is -2.34. The molecule has 0 aliphatic carbocycles. The van der Waals surface area contributed by atoms with Crippen LogP contribution in [-0.4, -0.2) is 66.8 Å². The van der Waals surface area contributed by atoms with Gasteiger partial charge in [-0.2, -0.15) is 0 Å². The Morgan fingerprint density at radius 1 is 1.17 bits per heavy atom. The third kappa shape index (κ3) is 3.53. The van der Waals surface area contributed by atoms with Gasteiger partial charge in [-0.25, -0.2) is 0 Å².